The lowest BCUT2D eigenvalue weighted by Gasteiger charge is -2.41. The van der Waals surface area contributed by atoms with Crippen molar-refractivity contribution in [3.63, 3.8) is 0 Å². The van der Waals surface area contributed by atoms with Crippen LogP contribution in [0.15, 0.2) is 42.7 Å². The third-order valence-electron chi connectivity index (χ3n) is 5.88. The van der Waals surface area contributed by atoms with Crippen molar-refractivity contribution in [3.05, 3.63) is 64.0 Å². The summed E-state index contributed by atoms with van der Waals surface area (Å²) in [6, 6.07) is 9.37. The summed E-state index contributed by atoms with van der Waals surface area (Å²) in [6.45, 7) is 5.93. The van der Waals surface area contributed by atoms with E-state index < -0.39 is 0 Å². The monoisotopic (exact) mass is 473 g/mol. The number of rotatable bonds is 5. The number of benzene rings is 1. The second kappa shape index (κ2) is 9.48. The third-order valence-corrected chi connectivity index (χ3v) is 6.71. The summed E-state index contributed by atoms with van der Waals surface area (Å²) in [5.74, 6) is 0.00727. The number of aromatic nitrogens is 3. The molecule has 1 aliphatic rings. The maximum atomic E-state index is 13.1. The van der Waals surface area contributed by atoms with Crippen LogP contribution >= 0.6 is 23.2 Å². The van der Waals surface area contributed by atoms with Gasteiger partial charge >= 0.3 is 0 Å². The standard InChI is InChI=1S/C23H25Cl2N5O2/c1-15-12-28(19-3-4-20(24)18(11-19)14-31)9-10-29(15)21(32)13-30-16(2)22(25)23(27-30)17-5-7-26-8-6-17/h3-8,11,15,31H,9-10,12-14H2,1-2H3/t15-/m0/s1. The SMILES string of the molecule is Cc1c(Cl)c(-c2ccncc2)nn1CC(=O)N1CCN(c2ccc(Cl)c(CO)c2)C[C@@H]1C. The van der Waals surface area contributed by atoms with E-state index in [4.69, 9.17) is 23.2 Å². The van der Waals surface area contributed by atoms with Gasteiger partial charge in [0.1, 0.15) is 12.2 Å². The predicted octanol–water partition coefficient (Wildman–Crippen LogP) is 3.79. The van der Waals surface area contributed by atoms with Crippen LogP contribution in [-0.2, 0) is 17.9 Å². The first-order valence-electron chi connectivity index (χ1n) is 10.5. The molecule has 1 N–H and O–H groups in total. The number of anilines is 1. The Balaban J connectivity index is 1.45. The van der Waals surface area contributed by atoms with E-state index in [2.05, 4.69) is 15.0 Å². The fourth-order valence-electron chi connectivity index (χ4n) is 4.03. The Kier molecular flexibility index (Phi) is 6.69. The Morgan fingerprint density at radius 1 is 1.19 bits per heavy atom. The summed E-state index contributed by atoms with van der Waals surface area (Å²) in [6.07, 6.45) is 3.38. The molecule has 1 atom stereocenters. The normalized spacial score (nSPS) is 16.5. The summed E-state index contributed by atoms with van der Waals surface area (Å²) >= 11 is 12.6. The van der Waals surface area contributed by atoms with Gasteiger partial charge in [0.05, 0.1) is 17.3 Å². The van der Waals surface area contributed by atoms with Crippen molar-refractivity contribution in [2.24, 2.45) is 0 Å². The quantitative estimate of drug-likeness (QED) is 0.609. The summed E-state index contributed by atoms with van der Waals surface area (Å²) < 4.78 is 1.67. The Labute approximate surface area is 197 Å². The van der Waals surface area contributed by atoms with E-state index in [-0.39, 0.29) is 25.1 Å². The molecule has 0 spiro atoms. The summed E-state index contributed by atoms with van der Waals surface area (Å²) in [7, 11) is 0. The number of hydrogen-bond acceptors (Lipinski definition) is 5. The Morgan fingerprint density at radius 2 is 1.94 bits per heavy atom. The number of aliphatic hydroxyl groups is 1. The highest BCUT2D eigenvalue weighted by Crippen LogP contribution is 2.30. The minimum Gasteiger partial charge on any atom is -0.392 e. The molecule has 4 rings (SSSR count). The van der Waals surface area contributed by atoms with Crippen LogP contribution in [0.4, 0.5) is 5.69 Å². The first-order valence-corrected chi connectivity index (χ1v) is 11.2. The van der Waals surface area contributed by atoms with Crippen molar-refractivity contribution < 1.29 is 9.90 Å². The van der Waals surface area contributed by atoms with Gasteiger partial charge in [-0.25, -0.2) is 0 Å². The highest BCUT2D eigenvalue weighted by atomic mass is 35.5. The molecule has 1 aliphatic heterocycles. The topological polar surface area (TPSA) is 74.5 Å². The minimum absolute atomic E-state index is 0.00727. The average Bonchev–Trinajstić information content (AvgIpc) is 3.08. The zero-order chi connectivity index (χ0) is 22.8. The molecule has 9 heteroatoms. The Morgan fingerprint density at radius 3 is 2.62 bits per heavy atom. The summed E-state index contributed by atoms with van der Waals surface area (Å²) in [4.78, 5) is 21.2. The molecule has 1 aromatic carbocycles. The second-order valence-electron chi connectivity index (χ2n) is 7.96. The first-order chi connectivity index (χ1) is 15.4. The first kappa shape index (κ1) is 22.6. The number of hydrogen-bond donors (Lipinski definition) is 1. The smallest absolute Gasteiger partial charge is 0.244 e. The molecule has 0 saturated carbocycles. The lowest BCUT2D eigenvalue weighted by molar-refractivity contribution is -0.134. The van der Waals surface area contributed by atoms with Crippen molar-refractivity contribution in [1.29, 1.82) is 0 Å². The predicted molar refractivity (Wildman–Crippen MR) is 126 cm³/mol. The van der Waals surface area contributed by atoms with Gasteiger partial charge in [-0.15, -0.1) is 0 Å². The van der Waals surface area contributed by atoms with Crippen molar-refractivity contribution in [3.8, 4) is 11.3 Å². The molecule has 1 saturated heterocycles. The van der Waals surface area contributed by atoms with Gasteiger partial charge in [0.2, 0.25) is 5.91 Å². The van der Waals surface area contributed by atoms with E-state index in [0.717, 1.165) is 16.9 Å². The average molecular weight is 474 g/mol. The molecule has 32 heavy (non-hydrogen) atoms. The summed E-state index contributed by atoms with van der Waals surface area (Å²) in [5.41, 5.74) is 3.97. The minimum atomic E-state index is -0.103. The van der Waals surface area contributed by atoms with Crippen LogP contribution < -0.4 is 4.90 Å². The maximum absolute atomic E-state index is 13.1. The number of nitrogens with zero attached hydrogens (tertiary/aromatic N) is 5. The van der Waals surface area contributed by atoms with Gasteiger partial charge < -0.3 is 14.9 Å². The molecule has 1 amide bonds. The fourth-order valence-corrected chi connectivity index (χ4v) is 4.45. The molecular weight excluding hydrogens is 449 g/mol. The van der Waals surface area contributed by atoms with E-state index in [1.165, 1.54) is 0 Å². The van der Waals surface area contributed by atoms with Crippen LogP contribution in [0.1, 0.15) is 18.2 Å². The van der Waals surface area contributed by atoms with Crippen molar-refractivity contribution in [1.82, 2.24) is 19.7 Å². The lowest BCUT2D eigenvalue weighted by atomic mass is 10.1. The number of aliphatic hydroxyl groups excluding tert-OH is 1. The zero-order valence-corrected chi connectivity index (χ0v) is 19.5. The molecule has 0 bridgehead atoms. The van der Waals surface area contributed by atoms with E-state index in [1.54, 1.807) is 23.1 Å². The third kappa shape index (κ3) is 4.46. The summed E-state index contributed by atoms with van der Waals surface area (Å²) in [5, 5.41) is 15.2. The van der Waals surface area contributed by atoms with Gasteiger partial charge in [-0.05, 0) is 49.7 Å². The second-order valence-corrected chi connectivity index (χ2v) is 8.74. The number of carbonyl (C=O) groups excluding carboxylic acids is 1. The lowest BCUT2D eigenvalue weighted by Crippen LogP contribution is -2.54. The highest BCUT2D eigenvalue weighted by Gasteiger charge is 2.29. The number of amides is 1. The van der Waals surface area contributed by atoms with Gasteiger partial charge in [0.25, 0.3) is 0 Å². The largest absolute Gasteiger partial charge is 0.392 e. The van der Waals surface area contributed by atoms with Gasteiger partial charge in [-0.1, -0.05) is 23.2 Å². The Hall–Kier alpha value is -2.61. The molecular formula is C23H25Cl2N5O2. The van der Waals surface area contributed by atoms with Crippen molar-refractivity contribution >= 4 is 34.8 Å². The molecule has 2 aromatic heterocycles. The van der Waals surface area contributed by atoms with Crippen LogP contribution in [0.2, 0.25) is 10.0 Å². The van der Waals surface area contributed by atoms with Gasteiger partial charge in [0, 0.05) is 54.3 Å². The van der Waals surface area contributed by atoms with Crippen LogP contribution in [0.5, 0.6) is 0 Å². The molecule has 0 radical (unpaired) electrons. The van der Waals surface area contributed by atoms with Crippen LogP contribution in [0.3, 0.4) is 0 Å². The van der Waals surface area contributed by atoms with Crippen LogP contribution in [0, 0.1) is 6.92 Å². The van der Waals surface area contributed by atoms with E-state index >= 15 is 0 Å². The molecule has 0 unspecified atom stereocenters. The molecule has 3 heterocycles. The fraction of sp³-hybridized carbons (Fsp3) is 0.348. The van der Waals surface area contributed by atoms with Gasteiger partial charge in [-0.3, -0.25) is 14.5 Å². The number of carbonyl (C=O) groups is 1. The zero-order valence-electron chi connectivity index (χ0n) is 18.0. The van der Waals surface area contributed by atoms with E-state index in [0.29, 0.717) is 40.9 Å². The molecule has 0 aliphatic carbocycles. The number of pyridine rings is 1. The maximum Gasteiger partial charge on any atom is 0.244 e. The van der Waals surface area contributed by atoms with Crippen molar-refractivity contribution in [2.75, 3.05) is 24.5 Å². The number of piperazine rings is 1. The number of halogens is 2. The van der Waals surface area contributed by atoms with E-state index in [9.17, 15) is 9.90 Å². The molecule has 7 nitrogen and oxygen atoms in total. The molecule has 168 valence electrons. The molecule has 3 aromatic rings. The Bertz CT molecular complexity index is 1120. The van der Waals surface area contributed by atoms with Gasteiger partial charge in [0.15, 0.2) is 0 Å². The van der Waals surface area contributed by atoms with Crippen LogP contribution in [0.25, 0.3) is 11.3 Å². The van der Waals surface area contributed by atoms with Gasteiger partial charge in [-0.2, -0.15) is 5.10 Å². The van der Waals surface area contributed by atoms with Crippen molar-refractivity contribution in [2.45, 2.75) is 33.0 Å². The molecule has 1 fully saturated rings. The highest BCUT2D eigenvalue weighted by molar-refractivity contribution is 6.33. The van der Waals surface area contributed by atoms with E-state index in [1.807, 2.05) is 43.0 Å². The van der Waals surface area contributed by atoms with Crippen LogP contribution in [-0.4, -0.2) is 56.4 Å².